The average molecular weight is 251 g/mol. The molecule has 0 spiro atoms. The number of ketones is 1. The van der Waals surface area contributed by atoms with Gasteiger partial charge < -0.3 is 0 Å². The van der Waals surface area contributed by atoms with Crippen LogP contribution in [0.5, 0.6) is 0 Å². The van der Waals surface area contributed by atoms with E-state index in [9.17, 15) is 9.18 Å². The Hall–Kier alpha value is -1.87. The van der Waals surface area contributed by atoms with Gasteiger partial charge in [0, 0.05) is 12.6 Å². The molecule has 0 aliphatic heterocycles. The number of Topliss-reactive ketones (excluding diaryl/α,β-unsaturated/α-hetero) is 1. The van der Waals surface area contributed by atoms with Gasteiger partial charge in [-0.1, -0.05) is 11.8 Å². The number of halogens is 1. The Morgan fingerprint density at radius 3 is 2.71 bits per heavy atom. The third kappa shape index (κ3) is 4.25. The number of carbonyl (C=O) groups excluding carboxylic acids is 1. The Kier molecular flexibility index (Phi) is 5.17. The number of nitrogens with one attached hydrogen (secondary N) is 1. The van der Waals surface area contributed by atoms with Crippen LogP contribution in [-0.4, -0.2) is 23.8 Å². The molecule has 0 bridgehead atoms. The molecule has 0 saturated carbocycles. The number of aliphatic imine (C=N–C) groups is 1. The number of nitriles is 1. The molecular formula is C11H10FN3OS. The third-order valence-corrected chi connectivity index (χ3v) is 2.84. The highest BCUT2D eigenvalue weighted by atomic mass is 32.2. The fraction of sp³-hybridized carbons (Fsp3) is 0.182. The lowest BCUT2D eigenvalue weighted by Gasteiger charge is -2.02. The molecule has 1 aromatic rings. The zero-order valence-corrected chi connectivity index (χ0v) is 9.92. The first-order valence-electron chi connectivity index (χ1n) is 4.71. The summed E-state index contributed by atoms with van der Waals surface area (Å²) >= 11 is 1.13. The number of amidine groups is 1. The van der Waals surface area contributed by atoms with Gasteiger partial charge in [0.25, 0.3) is 0 Å². The van der Waals surface area contributed by atoms with E-state index in [1.807, 2.05) is 0 Å². The largest absolute Gasteiger partial charge is 0.293 e. The summed E-state index contributed by atoms with van der Waals surface area (Å²) in [6.45, 7) is 0. The van der Waals surface area contributed by atoms with Gasteiger partial charge in [0.05, 0.1) is 5.75 Å². The summed E-state index contributed by atoms with van der Waals surface area (Å²) in [5, 5.41) is 11.1. The first-order chi connectivity index (χ1) is 8.17. The van der Waals surface area contributed by atoms with Crippen molar-refractivity contribution in [2.75, 3.05) is 12.8 Å². The van der Waals surface area contributed by atoms with Gasteiger partial charge in [-0.2, -0.15) is 5.26 Å². The van der Waals surface area contributed by atoms with Crippen LogP contribution in [0.1, 0.15) is 10.4 Å². The fourth-order valence-electron chi connectivity index (χ4n) is 1.06. The average Bonchev–Trinajstić information content (AvgIpc) is 2.35. The van der Waals surface area contributed by atoms with Gasteiger partial charge >= 0.3 is 0 Å². The second-order valence-corrected chi connectivity index (χ2v) is 3.95. The fourth-order valence-corrected chi connectivity index (χ4v) is 1.74. The summed E-state index contributed by atoms with van der Waals surface area (Å²) in [4.78, 5) is 15.5. The van der Waals surface area contributed by atoms with Crippen molar-refractivity contribution in [3.63, 3.8) is 0 Å². The zero-order chi connectivity index (χ0) is 12.7. The van der Waals surface area contributed by atoms with Crippen LogP contribution in [0.3, 0.4) is 0 Å². The van der Waals surface area contributed by atoms with Crippen LogP contribution in [0.15, 0.2) is 29.3 Å². The molecule has 0 saturated heterocycles. The summed E-state index contributed by atoms with van der Waals surface area (Å²) < 4.78 is 12.6. The van der Waals surface area contributed by atoms with Crippen LogP contribution in [-0.2, 0) is 0 Å². The van der Waals surface area contributed by atoms with E-state index in [-0.39, 0.29) is 17.4 Å². The van der Waals surface area contributed by atoms with Crippen molar-refractivity contribution in [3.05, 3.63) is 35.6 Å². The number of thioether (sulfide) groups is 1. The summed E-state index contributed by atoms with van der Waals surface area (Å²) in [6, 6.07) is 5.33. The van der Waals surface area contributed by atoms with Gasteiger partial charge in [-0.05, 0) is 24.3 Å². The topological polar surface area (TPSA) is 65.2 Å². The molecule has 0 amide bonds. The summed E-state index contributed by atoms with van der Waals surface area (Å²) in [7, 11) is 1.52. The molecule has 17 heavy (non-hydrogen) atoms. The summed E-state index contributed by atoms with van der Waals surface area (Å²) in [5.41, 5.74) is 0.436. The van der Waals surface area contributed by atoms with E-state index in [4.69, 9.17) is 5.26 Å². The van der Waals surface area contributed by atoms with Crippen molar-refractivity contribution >= 4 is 22.7 Å². The first kappa shape index (κ1) is 13.2. The number of hydrogen-bond donors (Lipinski definition) is 1. The molecule has 0 aromatic heterocycles. The molecule has 1 N–H and O–H groups in total. The molecule has 0 radical (unpaired) electrons. The monoisotopic (exact) mass is 251 g/mol. The number of carbonyl (C=O) groups is 1. The van der Waals surface area contributed by atoms with Crippen LogP contribution in [0.2, 0.25) is 0 Å². The molecule has 6 heteroatoms. The Labute approximate surface area is 103 Å². The molecule has 0 aliphatic rings. The van der Waals surface area contributed by atoms with Crippen molar-refractivity contribution in [1.82, 2.24) is 5.32 Å². The van der Waals surface area contributed by atoms with Crippen molar-refractivity contribution < 1.29 is 9.18 Å². The van der Waals surface area contributed by atoms with Gasteiger partial charge in [0.1, 0.15) is 5.82 Å². The van der Waals surface area contributed by atoms with E-state index in [0.29, 0.717) is 10.7 Å². The zero-order valence-electron chi connectivity index (χ0n) is 9.11. The van der Waals surface area contributed by atoms with Crippen LogP contribution in [0, 0.1) is 17.3 Å². The smallest absolute Gasteiger partial charge is 0.183 e. The van der Waals surface area contributed by atoms with E-state index in [1.165, 1.54) is 31.3 Å². The highest BCUT2D eigenvalue weighted by Crippen LogP contribution is 2.09. The van der Waals surface area contributed by atoms with E-state index < -0.39 is 0 Å². The van der Waals surface area contributed by atoms with Gasteiger partial charge in [0.2, 0.25) is 0 Å². The van der Waals surface area contributed by atoms with Gasteiger partial charge in [-0.3, -0.25) is 15.1 Å². The normalized spacial score (nSPS) is 10.8. The number of benzene rings is 1. The molecule has 0 fully saturated rings. The molecule has 0 heterocycles. The Morgan fingerprint density at radius 1 is 1.53 bits per heavy atom. The second kappa shape index (κ2) is 6.66. The van der Waals surface area contributed by atoms with Crippen LogP contribution in [0.25, 0.3) is 0 Å². The maximum atomic E-state index is 12.6. The lowest BCUT2D eigenvalue weighted by molar-refractivity contribution is 0.102. The van der Waals surface area contributed by atoms with Gasteiger partial charge in [0.15, 0.2) is 17.1 Å². The maximum Gasteiger partial charge on any atom is 0.183 e. The van der Waals surface area contributed by atoms with E-state index in [0.717, 1.165) is 11.8 Å². The predicted molar refractivity (Wildman–Crippen MR) is 65.3 cm³/mol. The summed E-state index contributed by atoms with van der Waals surface area (Å²) in [6.07, 6.45) is 1.73. The highest BCUT2D eigenvalue weighted by Gasteiger charge is 2.08. The van der Waals surface area contributed by atoms with Crippen molar-refractivity contribution in [2.45, 2.75) is 0 Å². The third-order valence-electron chi connectivity index (χ3n) is 1.87. The Bertz CT molecular complexity index is 465. The van der Waals surface area contributed by atoms with E-state index >= 15 is 0 Å². The van der Waals surface area contributed by atoms with Crippen LogP contribution < -0.4 is 5.32 Å². The Balaban J connectivity index is 2.56. The molecule has 4 nitrogen and oxygen atoms in total. The minimum Gasteiger partial charge on any atom is -0.293 e. The standard InChI is InChI=1S/C11H10FN3OS/c1-14-11(15-7-13)17-6-10(16)8-2-4-9(12)5-3-8/h2-5H,6H2,1H3,(H,14,15). The van der Waals surface area contributed by atoms with Crippen molar-refractivity contribution in [3.8, 4) is 6.19 Å². The first-order valence-corrected chi connectivity index (χ1v) is 5.69. The molecule has 0 atom stereocenters. The van der Waals surface area contributed by atoms with Gasteiger partial charge in [-0.15, -0.1) is 0 Å². The molecule has 0 aliphatic carbocycles. The number of hydrogen-bond acceptors (Lipinski definition) is 4. The van der Waals surface area contributed by atoms with E-state index in [1.54, 1.807) is 6.19 Å². The Morgan fingerprint density at radius 2 is 2.18 bits per heavy atom. The predicted octanol–water partition coefficient (Wildman–Crippen LogP) is 1.80. The minimum absolute atomic E-state index is 0.143. The highest BCUT2D eigenvalue weighted by molar-refractivity contribution is 8.14. The second-order valence-electron chi connectivity index (χ2n) is 2.98. The molecule has 1 aromatic carbocycles. The minimum atomic E-state index is -0.379. The number of rotatable bonds is 3. The summed E-state index contributed by atoms with van der Waals surface area (Å²) in [5.74, 6) is -0.375. The van der Waals surface area contributed by atoms with Crippen LogP contribution >= 0.6 is 11.8 Å². The SMILES string of the molecule is CN=C(NC#N)SCC(=O)c1ccc(F)cc1. The quantitative estimate of drug-likeness (QED) is 0.292. The number of nitrogens with zero attached hydrogens (tertiary/aromatic N) is 2. The lowest BCUT2D eigenvalue weighted by Crippen LogP contribution is -2.16. The van der Waals surface area contributed by atoms with Crippen molar-refractivity contribution in [1.29, 1.82) is 5.26 Å². The van der Waals surface area contributed by atoms with Crippen LogP contribution in [0.4, 0.5) is 4.39 Å². The van der Waals surface area contributed by atoms with E-state index in [2.05, 4.69) is 10.3 Å². The maximum absolute atomic E-state index is 12.6. The van der Waals surface area contributed by atoms with Gasteiger partial charge in [-0.25, -0.2) is 4.39 Å². The molecule has 0 unspecified atom stereocenters. The molecule has 1 rings (SSSR count). The van der Waals surface area contributed by atoms with Crippen molar-refractivity contribution in [2.24, 2.45) is 4.99 Å². The molecule has 88 valence electrons. The lowest BCUT2D eigenvalue weighted by atomic mass is 10.1. The molecular weight excluding hydrogens is 241 g/mol.